The van der Waals surface area contributed by atoms with E-state index in [9.17, 15) is 18.0 Å². The molecule has 0 saturated carbocycles. The number of anilines is 3. The van der Waals surface area contributed by atoms with Crippen LogP contribution in [0.15, 0.2) is 42.9 Å². The fourth-order valence-corrected chi connectivity index (χ4v) is 6.14. The van der Waals surface area contributed by atoms with Gasteiger partial charge in [-0.1, -0.05) is 0 Å². The van der Waals surface area contributed by atoms with E-state index >= 15 is 0 Å². The zero-order valence-corrected chi connectivity index (χ0v) is 24.1. The van der Waals surface area contributed by atoms with Crippen LogP contribution in [0.3, 0.4) is 0 Å². The Kier molecular flexibility index (Phi) is 7.84. The van der Waals surface area contributed by atoms with E-state index in [1.54, 1.807) is 37.2 Å². The molecule has 5 heterocycles. The highest BCUT2D eigenvalue weighted by Crippen LogP contribution is 2.50. The normalized spacial score (nSPS) is 18.7. The third kappa shape index (κ3) is 5.95. The molecular weight excluding hydrogens is 563 g/mol. The minimum Gasteiger partial charge on any atom is -0.490 e. The molecule has 10 nitrogen and oxygen atoms in total. The summed E-state index contributed by atoms with van der Waals surface area (Å²) in [5, 5.41) is 2.50. The molecule has 2 fully saturated rings. The van der Waals surface area contributed by atoms with Crippen molar-refractivity contribution in [2.45, 2.75) is 63.3 Å². The Morgan fingerprint density at radius 2 is 1.81 bits per heavy atom. The van der Waals surface area contributed by atoms with Crippen LogP contribution in [0.2, 0.25) is 0 Å². The highest BCUT2D eigenvalue weighted by molar-refractivity contribution is 5.95. The molecule has 3 aromatic rings. The van der Waals surface area contributed by atoms with Crippen molar-refractivity contribution in [3.8, 4) is 5.75 Å². The summed E-state index contributed by atoms with van der Waals surface area (Å²) in [5.41, 5.74) is -0.479. The number of benzene rings is 1. The molecule has 0 radical (unpaired) electrons. The van der Waals surface area contributed by atoms with E-state index in [4.69, 9.17) is 9.47 Å². The lowest BCUT2D eigenvalue weighted by atomic mass is 9.76. The number of nitrogens with zero attached hydrogens (tertiary/aromatic N) is 6. The van der Waals surface area contributed by atoms with Crippen molar-refractivity contribution in [2.75, 3.05) is 42.6 Å². The first kappa shape index (κ1) is 29.1. The number of alkyl halides is 3. The van der Waals surface area contributed by atoms with Crippen molar-refractivity contribution in [3.63, 3.8) is 0 Å². The number of amides is 1. The van der Waals surface area contributed by atoms with Crippen molar-refractivity contribution in [2.24, 2.45) is 0 Å². The lowest BCUT2D eigenvalue weighted by Gasteiger charge is -2.34. The smallest absolute Gasteiger partial charge is 0.434 e. The molecule has 43 heavy (non-hydrogen) atoms. The molecule has 6 rings (SSSR count). The average molecular weight is 598 g/mol. The number of hydrogen-bond donors (Lipinski definition) is 1. The number of aromatic nitrogens is 4. The summed E-state index contributed by atoms with van der Waals surface area (Å²) < 4.78 is 54.5. The van der Waals surface area contributed by atoms with Gasteiger partial charge in [0, 0.05) is 81.4 Å². The lowest BCUT2D eigenvalue weighted by molar-refractivity contribution is -0.141. The monoisotopic (exact) mass is 597 g/mol. The third-order valence-electron chi connectivity index (χ3n) is 8.27. The second-order valence-electron chi connectivity index (χ2n) is 11.6. The predicted octanol–water partition coefficient (Wildman–Crippen LogP) is 4.67. The van der Waals surface area contributed by atoms with Crippen molar-refractivity contribution in [3.05, 3.63) is 59.7 Å². The van der Waals surface area contributed by atoms with E-state index in [0.29, 0.717) is 38.5 Å². The molecule has 228 valence electrons. The van der Waals surface area contributed by atoms with Gasteiger partial charge >= 0.3 is 6.18 Å². The van der Waals surface area contributed by atoms with Crippen molar-refractivity contribution < 1.29 is 27.4 Å². The van der Waals surface area contributed by atoms with Crippen molar-refractivity contribution in [1.29, 1.82) is 0 Å². The fourth-order valence-electron chi connectivity index (χ4n) is 6.14. The van der Waals surface area contributed by atoms with Crippen LogP contribution in [-0.2, 0) is 16.3 Å². The van der Waals surface area contributed by atoms with E-state index in [1.807, 2.05) is 18.2 Å². The van der Waals surface area contributed by atoms with Gasteiger partial charge < -0.3 is 24.6 Å². The number of halogens is 3. The third-order valence-corrected chi connectivity index (χ3v) is 8.27. The molecule has 0 atom stereocenters. The zero-order valence-electron chi connectivity index (χ0n) is 24.1. The summed E-state index contributed by atoms with van der Waals surface area (Å²) in [6, 6.07) is 7.20. The molecule has 0 aliphatic carbocycles. The maximum Gasteiger partial charge on any atom is 0.434 e. The van der Waals surface area contributed by atoms with Gasteiger partial charge in [0.1, 0.15) is 11.9 Å². The molecule has 3 aliphatic heterocycles. The SMILES string of the molecule is CC(C)NC(=O)c1cnc(N2CC3(CCOCC3)c3cc(OC4CCN(c5ncccn5)CC4)ccc32)nc1C(F)(F)F. The molecule has 1 amide bonds. The Hall–Kier alpha value is -4.00. The van der Waals surface area contributed by atoms with E-state index in [0.717, 1.165) is 49.1 Å². The topological polar surface area (TPSA) is 106 Å². The number of hydrogen-bond acceptors (Lipinski definition) is 9. The van der Waals surface area contributed by atoms with Gasteiger partial charge in [0.05, 0.1) is 5.56 Å². The summed E-state index contributed by atoms with van der Waals surface area (Å²) in [5.74, 6) is 0.478. The minimum absolute atomic E-state index is 0.0170. The van der Waals surface area contributed by atoms with Crippen LogP contribution < -0.4 is 19.9 Å². The highest BCUT2D eigenvalue weighted by atomic mass is 19.4. The zero-order chi connectivity index (χ0) is 30.2. The van der Waals surface area contributed by atoms with E-state index in [1.165, 1.54) is 0 Å². The summed E-state index contributed by atoms with van der Waals surface area (Å²) in [6.45, 7) is 6.39. The van der Waals surface area contributed by atoms with Gasteiger partial charge in [-0.25, -0.2) is 19.9 Å². The van der Waals surface area contributed by atoms with Gasteiger partial charge in [-0.2, -0.15) is 13.2 Å². The largest absolute Gasteiger partial charge is 0.490 e. The maximum atomic E-state index is 14.1. The number of fused-ring (bicyclic) bond motifs is 2. The minimum atomic E-state index is -4.83. The number of ether oxygens (including phenoxy) is 2. The summed E-state index contributed by atoms with van der Waals surface area (Å²) >= 11 is 0. The van der Waals surface area contributed by atoms with Crippen LogP contribution in [0.4, 0.5) is 30.8 Å². The fraction of sp³-hybridized carbons (Fsp3) is 0.500. The van der Waals surface area contributed by atoms with Gasteiger partial charge in [-0.15, -0.1) is 0 Å². The van der Waals surface area contributed by atoms with Crippen LogP contribution in [0.5, 0.6) is 5.75 Å². The quantitative estimate of drug-likeness (QED) is 0.434. The van der Waals surface area contributed by atoms with E-state index < -0.39 is 23.3 Å². The average Bonchev–Trinajstić information content (AvgIpc) is 3.30. The number of nitrogens with one attached hydrogen (secondary N) is 1. The molecule has 1 aromatic carbocycles. The van der Waals surface area contributed by atoms with Crippen LogP contribution >= 0.6 is 0 Å². The van der Waals surface area contributed by atoms with Crippen LogP contribution in [0.25, 0.3) is 0 Å². The Morgan fingerprint density at radius 3 is 2.49 bits per heavy atom. The molecule has 3 aliphatic rings. The number of carbonyl (C=O) groups excluding carboxylic acids is 1. The molecule has 0 unspecified atom stereocenters. The highest BCUT2D eigenvalue weighted by Gasteiger charge is 2.46. The summed E-state index contributed by atoms with van der Waals surface area (Å²) in [7, 11) is 0. The molecule has 2 saturated heterocycles. The van der Waals surface area contributed by atoms with E-state index in [2.05, 4.69) is 30.2 Å². The van der Waals surface area contributed by atoms with Gasteiger partial charge in [0.25, 0.3) is 5.91 Å². The molecule has 1 spiro atoms. The first-order valence-corrected chi connectivity index (χ1v) is 14.6. The number of rotatable bonds is 6. The molecule has 1 N–H and O–H groups in total. The maximum absolute atomic E-state index is 14.1. The Balaban J connectivity index is 1.27. The van der Waals surface area contributed by atoms with Gasteiger partial charge in [-0.05, 0) is 56.5 Å². The van der Waals surface area contributed by atoms with Crippen LogP contribution in [0, 0.1) is 0 Å². The second kappa shape index (κ2) is 11.6. The molecule has 0 bridgehead atoms. The lowest BCUT2D eigenvalue weighted by Crippen LogP contribution is -2.39. The molecule has 2 aromatic heterocycles. The van der Waals surface area contributed by atoms with E-state index in [-0.39, 0.29) is 23.5 Å². The van der Waals surface area contributed by atoms with Gasteiger partial charge in [0.2, 0.25) is 11.9 Å². The van der Waals surface area contributed by atoms with Crippen LogP contribution in [-0.4, -0.2) is 70.8 Å². The Labute approximate surface area is 247 Å². The first-order valence-electron chi connectivity index (χ1n) is 14.6. The molecule has 13 heteroatoms. The van der Waals surface area contributed by atoms with Crippen molar-refractivity contribution in [1.82, 2.24) is 25.3 Å². The first-order chi connectivity index (χ1) is 20.6. The number of carbonyl (C=O) groups is 1. The predicted molar refractivity (Wildman–Crippen MR) is 153 cm³/mol. The number of piperidine rings is 1. The Morgan fingerprint density at radius 1 is 1.09 bits per heavy atom. The Bertz CT molecular complexity index is 1460. The van der Waals surface area contributed by atoms with Crippen LogP contribution in [0.1, 0.15) is 61.1 Å². The summed E-state index contributed by atoms with van der Waals surface area (Å²) in [6.07, 6.45) is 2.66. The van der Waals surface area contributed by atoms with Crippen molar-refractivity contribution >= 4 is 23.5 Å². The van der Waals surface area contributed by atoms with Gasteiger partial charge in [-0.3, -0.25) is 4.79 Å². The molecular formula is C30H34F3N7O3. The summed E-state index contributed by atoms with van der Waals surface area (Å²) in [4.78, 5) is 33.3. The second-order valence-corrected chi connectivity index (χ2v) is 11.6. The van der Waals surface area contributed by atoms with Gasteiger partial charge in [0.15, 0.2) is 5.69 Å². The standard InChI is InChI=1S/C30H34F3N7O3/c1-19(2)37-26(41)22-17-36-28(38-25(22)30(31,32)33)40-18-29(8-14-42-15-9-29)23-16-21(4-5-24(23)40)43-20-6-12-39(13-7-20)27-34-10-3-11-35-27/h3-5,10-11,16-17,19-20H,6-9,12-15,18H2,1-2H3,(H,37,41).